The molecule has 0 aliphatic heterocycles. The Morgan fingerprint density at radius 1 is 1.03 bits per heavy atom. The van der Waals surface area contributed by atoms with E-state index in [9.17, 15) is 9.59 Å². The van der Waals surface area contributed by atoms with Crippen molar-refractivity contribution in [2.75, 3.05) is 6.54 Å². The van der Waals surface area contributed by atoms with Crippen LogP contribution in [0.4, 0.5) is 0 Å². The molecule has 0 unspecified atom stereocenters. The Balaban J connectivity index is 2.13. The van der Waals surface area contributed by atoms with Gasteiger partial charge in [0.15, 0.2) is 0 Å². The lowest BCUT2D eigenvalue weighted by atomic mass is 10.1. The molecular weight excluding hydrogens is 407 g/mol. The van der Waals surface area contributed by atoms with E-state index in [0.29, 0.717) is 36.0 Å². The van der Waals surface area contributed by atoms with E-state index < -0.39 is 6.04 Å². The summed E-state index contributed by atoms with van der Waals surface area (Å²) in [6.07, 6.45) is 2.87. The van der Waals surface area contributed by atoms with Gasteiger partial charge in [0.1, 0.15) is 6.04 Å². The summed E-state index contributed by atoms with van der Waals surface area (Å²) in [7, 11) is 0. The van der Waals surface area contributed by atoms with E-state index >= 15 is 0 Å². The topological polar surface area (TPSA) is 49.4 Å². The average molecular weight is 435 g/mol. The van der Waals surface area contributed by atoms with Gasteiger partial charge in [-0.15, -0.1) is 0 Å². The predicted molar refractivity (Wildman–Crippen MR) is 119 cm³/mol. The number of unbranched alkanes of at least 4 members (excludes halogenated alkanes) is 1. The molecule has 2 aromatic rings. The Bertz CT molecular complexity index is 812. The maximum absolute atomic E-state index is 13.0. The van der Waals surface area contributed by atoms with Crippen molar-refractivity contribution >= 4 is 35.0 Å². The van der Waals surface area contributed by atoms with Crippen LogP contribution >= 0.6 is 23.2 Å². The Kier molecular flexibility index (Phi) is 9.49. The Morgan fingerprint density at radius 3 is 2.41 bits per heavy atom. The van der Waals surface area contributed by atoms with E-state index in [1.165, 1.54) is 0 Å². The van der Waals surface area contributed by atoms with Crippen LogP contribution in [0.25, 0.3) is 0 Å². The van der Waals surface area contributed by atoms with Crippen molar-refractivity contribution in [1.29, 1.82) is 0 Å². The third-order valence-corrected chi connectivity index (χ3v) is 5.54. The molecule has 29 heavy (non-hydrogen) atoms. The molecule has 1 atom stereocenters. The van der Waals surface area contributed by atoms with Crippen molar-refractivity contribution < 1.29 is 9.59 Å². The first-order chi connectivity index (χ1) is 13.9. The van der Waals surface area contributed by atoms with Crippen molar-refractivity contribution in [1.82, 2.24) is 10.2 Å². The Hall–Kier alpha value is -2.04. The van der Waals surface area contributed by atoms with E-state index in [1.54, 1.807) is 24.0 Å². The van der Waals surface area contributed by atoms with Crippen LogP contribution in [0.1, 0.15) is 44.2 Å². The van der Waals surface area contributed by atoms with Gasteiger partial charge >= 0.3 is 0 Å². The number of halogens is 2. The zero-order valence-electron chi connectivity index (χ0n) is 17.0. The molecule has 0 aromatic heterocycles. The highest BCUT2D eigenvalue weighted by Gasteiger charge is 2.25. The molecule has 0 saturated carbocycles. The van der Waals surface area contributed by atoms with Crippen LogP contribution < -0.4 is 5.32 Å². The first-order valence-corrected chi connectivity index (χ1v) is 10.7. The first kappa shape index (κ1) is 23.2. The number of carbonyl (C=O) groups excluding carboxylic acids is 2. The molecule has 0 aliphatic rings. The molecule has 156 valence electrons. The van der Waals surface area contributed by atoms with E-state index in [0.717, 1.165) is 24.0 Å². The van der Waals surface area contributed by atoms with Gasteiger partial charge in [-0.05, 0) is 43.0 Å². The van der Waals surface area contributed by atoms with Crippen molar-refractivity contribution in [2.45, 2.75) is 52.1 Å². The lowest BCUT2D eigenvalue weighted by Crippen LogP contribution is -2.47. The lowest BCUT2D eigenvalue weighted by molar-refractivity contribution is -0.140. The van der Waals surface area contributed by atoms with Crippen molar-refractivity contribution in [3.63, 3.8) is 0 Å². The number of hydrogen-bond donors (Lipinski definition) is 1. The number of aryl methyl sites for hydroxylation is 1. The van der Waals surface area contributed by atoms with Crippen LogP contribution in [-0.4, -0.2) is 29.3 Å². The summed E-state index contributed by atoms with van der Waals surface area (Å²) in [4.78, 5) is 27.2. The molecule has 0 heterocycles. The second-order valence-electron chi connectivity index (χ2n) is 7.08. The summed E-state index contributed by atoms with van der Waals surface area (Å²) in [5, 5.41) is 3.81. The van der Waals surface area contributed by atoms with Gasteiger partial charge in [-0.25, -0.2) is 0 Å². The fraction of sp³-hybridized carbons (Fsp3) is 0.391. The minimum absolute atomic E-state index is 0.0712. The molecule has 0 fully saturated rings. The summed E-state index contributed by atoms with van der Waals surface area (Å²) >= 11 is 12.1. The molecule has 0 saturated heterocycles. The second-order valence-corrected chi connectivity index (χ2v) is 7.89. The first-order valence-electron chi connectivity index (χ1n) is 9.97. The molecule has 0 spiro atoms. The molecule has 0 aliphatic carbocycles. The van der Waals surface area contributed by atoms with Crippen LogP contribution in [0.5, 0.6) is 0 Å². The van der Waals surface area contributed by atoms with Crippen molar-refractivity contribution in [3.8, 4) is 0 Å². The minimum atomic E-state index is -0.579. The van der Waals surface area contributed by atoms with E-state index in [-0.39, 0.29) is 11.8 Å². The number of carbonyl (C=O) groups is 2. The van der Waals surface area contributed by atoms with Gasteiger partial charge in [-0.1, -0.05) is 72.9 Å². The van der Waals surface area contributed by atoms with Gasteiger partial charge in [0.2, 0.25) is 11.8 Å². The molecule has 6 heteroatoms. The highest BCUT2D eigenvalue weighted by molar-refractivity contribution is 6.42. The molecule has 2 rings (SSSR count). The zero-order valence-corrected chi connectivity index (χ0v) is 18.5. The number of rotatable bonds is 10. The van der Waals surface area contributed by atoms with Crippen LogP contribution in [0.2, 0.25) is 10.0 Å². The zero-order chi connectivity index (χ0) is 21.2. The number of nitrogens with one attached hydrogen (secondary N) is 1. The van der Waals surface area contributed by atoms with E-state index in [1.807, 2.05) is 36.4 Å². The maximum Gasteiger partial charge on any atom is 0.242 e. The molecule has 2 aromatic carbocycles. The molecule has 0 bridgehead atoms. The third-order valence-electron chi connectivity index (χ3n) is 4.80. The van der Waals surface area contributed by atoms with Gasteiger partial charge in [0.25, 0.3) is 0 Å². The molecule has 2 amide bonds. The van der Waals surface area contributed by atoms with Crippen LogP contribution in [0.3, 0.4) is 0 Å². The smallest absolute Gasteiger partial charge is 0.242 e. The van der Waals surface area contributed by atoms with Crippen LogP contribution in [0.15, 0.2) is 48.5 Å². The molecular formula is C23H28Cl2N2O2. The minimum Gasteiger partial charge on any atom is -0.354 e. The number of hydrogen-bond acceptors (Lipinski definition) is 2. The standard InChI is InChI=1S/C23H28Cl2N2O2/c1-3-4-14-26-23(29)17(2)27(16-19-10-12-20(24)21(25)15-19)22(28)13-11-18-8-6-5-7-9-18/h5-10,12,15,17H,3-4,11,13-14,16H2,1-2H3,(H,26,29)/t17-/m1/s1. The Morgan fingerprint density at radius 2 is 1.76 bits per heavy atom. The van der Waals surface area contributed by atoms with E-state index in [4.69, 9.17) is 23.2 Å². The highest BCUT2D eigenvalue weighted by Crippen LogP contribution is 2.24. The van der Waals surface area contributed by atoms with Crippen LogP contribution in [0, 0.1) is 0 Å². The predicted octanol–water partition coefficient (Wildman–Crippen LogP) is 5.26. The van der Waals surface area contributed by atoms with Gasteiger partial charge in [-0.3, -0.25) is 9.59 Å². The monoisotopic (exact) mass is 434 g/mol. The number of amides is 2. The molecule has 1 N–H and O–H groups in total. The van der Waals surface area contributed by atoms with Gasteiger partial charge in [-0.2, -0.15) is 0 Å². The molecule has 0 radical (unpaired) electrons. The van der Waals surface area contributed by atoms with Crippen molar-refractivity contribution in [3.05, 3.63) is 69.7 Å². The SMILES string of the molecule is CCCCNC(=O)[C@@H](C)N(Cc1ccc(Cl)c(Cl)c1)C(=O)CCc1ccccc1. The largest absolute Gasteiger partial charge is 0.354 e. The maximum atomic E-state index is 13.0. The summed E-state index contributed by atoms with van der Waals surface area (Å²) in [6.45, 7) is 4.74. The Labute approximate surface area is 183 Å². The summed E-state index contributed by atoms with van der Waals surface area (Å²) in [6, 6.07) is 14.5. The van der Waals surface area contributed by atoms with Gasteiger partial charge in [0, 0.05) is 19.5 Å². The third kappa shape index (κ3) is 7.37. The normalized spacial score (nSPS) is 11.7. The highest BCUT2D eigenvalue weighted by atomic mass is 35.5. The number of nitrogens with zero attached hydrogens (tertiary/aromatic N) is 1. The molecule has 4 nitrogen and oxygen atoms in total. The fourth-order valence-electron chi connectivity index (χ4n) is 2.99. The van der Waals surface area contributed by atoms with Gasteiger partial charge in [0.05, 0.1) is 10.0 Å². The second kappa shape index (κ2) is 11.8. The summed E-state index contributed by atoms with van der Waals surface area (Å²) in [5.74, 6) is -0.218. The summed E-state index contributed by atoms with van der Waals surface area (Å²) in [5.41, 5.74) is 1.93. The number of benzene rings is 2. The van der Waals surface area contributed by atoms with E-state index in [2.05, 4.69) is 12.2 Å². The lowest BCUT2D eigenvalue weighted by Gasteiger charge is -2.29. The van der Waals surface area contributed by atoms with Crippen LogP contribution in [-0.2, 0) is 22.6 Å². The average Bonchev–Trinajstić information content (AvgIpc) is 2.73. The van der Waals surface area contributed by atoms with Gasteiger partial charge < -0.3 is 10.2 Å². The quantitative estimate of drug-likeness (QED) is 0.518. The van der Waals surface area contributed by atoms with Crippen molar-refractivity contribution in [2.24, 2.45) is 0 Å². The fourth-order valence-corrected chi connectivity index (χ4v) is 3.31. The summed E-state index contributed by atoms with van der Waals surface area (Å²) < 4.78 is 0.